The molecule has 0 spiro atoms. The number of nitrogens with one attached hydrogen (secondary N) is 1. The van der Waals surface area contributed by atoms with Crippen molar-refractivity contribution in [1.82, 2.24) is 15.3 Å². The number of carbonyl (C=O) groups is 1. The van der Waals surface area contributed by atoms with E-state index in [0.717, 1.165) is 10.7 Å². The number of aryl methyl sites for hydroxylation is 1. The number of aliphatic carboxylic acids is 1. The summed E-state index contributed by atoms with van der Waals surface area (Å²) in [7, 11) is 0. The molecule has 0 aliphatic heterocycles. The lowest BCUT2D eigenvalue weighted by atomic mass is 10.1. The minimum atomic E-state index is -0.967. The largest absolute Gasteiger partial charge is 0.480 e. The maximum atomic E-state index is 11.4. The van der Waals surface area contributed by atoms with E-state index in [1.165, 1.54) is 23.7 Å². The molecule has 21 heavy (non-hydrogen) atoms. The van der Waals surface area contributed by atoms with E-state index < -0.39 is 12.0 Å². The molecule has 2 rings (SSSR count). The Morgan fingerprint density at radius 1 is 1.43 bits per heavy atom. The Bertz CT molecular complexity index is 628. The van der Waals surface area contributed by atoms with Crippen LogP contribution in [0, 0.1) is 6.92 Å². The van der Waals surface area contributed by atoms with Gasteiger partial charge in [0, 0.05) is 30.7 Å². The summed E-state index contributed by atoms with van der Waals surface area (Å²) in [6.45, 7) is 2.28. The van der Waals surface area contributed by atoms with E-state index in [4.69, 9.17) is 23.2 Å². The van der Waals surface area contributed by atoms with E-state index in [2.05, 4.69) is 15.3 Å². The lowest BCUT2D eigenvalue weighted by molar-refractivity contribution is -0.139. The number of thiazole rings is 1. The quantitative estimate of drug-likeness (QED) is 0.841. The number of hydrogen-bond donors (Lipinski definition) is 2. The van der Waals surface area contributed by atoms with Crippen LogP contribution in [0.5, 0.6) is 0 Å². The molecule has 0 fully saturated rings. The topological polar surface area (TPSA) is 75.1 Å². The Morgan fingerprint density at radius 2 is 2.10 bits per heavy atom. The third-order valence-electron chi connectivity index (χ3n) is 2.85. The SMILES string of the molecule is Cc1nc(CNC(Cc2c(Cl)cncc2Cl)C(=O)O)cs1. The molecular weight excluding hydrogens is 333 g/mol. The van der Waals surface area contributed by atoms with Crippen LogP contribution in [-0.2, 0) is 17.8 Å². The van der Waals surface area contributed by atoms with Gasteiger partial charge in [0.2, 0.25) is 0 Å². The van der Waals surface area contributed by atoms with Crippen LogP contribution in [0.2, 0.25) is 10.0 Å². The molecule has 0 bridgehead atoms. The van der Waals surface area contributed by atoms with Gasteiger partial charge in [0.15, 0.2) is 0 Å². The number of nitrogens with zero attached hydrogens (tertiary/aromatic N) is 2. The van der Waals surface area contributed by atoms with E-state index in [1.807, 2.05) is 12.3 Å². The van der Waals surface area contributed by atoms with Crippen molar-refractivity contribution in [3.8, 4) is 0 Å². The number of rotatable bonds is 6. The highest BCUT2D eigenvalue weighted by molar-refractivity contribution is 7.09. The van der Waals surface area contributed by atoms with Gasteiger partial charge >= 0.3 is 5.97 Å². The molecule has 2 heterocycles. The zero-order valence-corrected chi connectivity index (χ0v) is 13.5. The van der Waals surface area contributed by atoms with Gasteiger partial charge in [0.1, 0.15) is 6.04 Å². The van der Waals surface area contributed by atoms with Crippen LogP contribution in [0.3, 0.4) is 0 Å². The predicted molar refractivity (Wildman–Crippen MR) is 83.1 cm³/mol. The van der Waals surface area contributed by atoms with E-state index >= 15 is 0 Å². The van der Waals surface area contributed by atoms with Crippen molar-refractivity contribution in [2.45, 2.75) is 25.9 Å². The van der Waals surface area contributed by atoms with Gasteiger partial charge < -0.3 is 5.11 Å². The first kappa shape index (κ1) is 16.2. The Morgan fingerprint density at radius 3 is 2.62 bits per heavy atom. The second-order valence-electron chi connectivity index (χ2n) is 4.42. The van der Waals surface area contributed by atoms with Crippen LogP contribution in [0.1, 0.15) is 16.3 Å². The molecule has 8 heteroatoms. The number of hydrogen-bond acceptors (Lipinski definition) is 5. The van der Waals surface area contributed by atoms with E-state index in [0.29, 0.717) is 22.2 Å². The maximum absolute atomic E-state index is 11.4. The molecule has 5 nitrogen and oxygen atoms in total. The van der Waals surface area contributed by atoms with Crippen molar-refractivity contribution in [1.29, 1.82) is 0 Å². The molecule has 2 aromatic heterocycles. The minimum absolute atomic E-state index is 0.179. The molecular formula is C13H13Cl2N3O2S. The van der Waals surface area contributed by atoms with E-state index in [9.17, 15) is 9.90 Å². The van der Waals surface area contributed by atoms with Crippen LogP contribution in [0.15, 0.2) is 17.8 Å². The fourth-order valence-electron chi connectivity index (χ4n) is 1.80. The third-order valence-corrected chi connectivity index (χ3v) is 4.33. The molecule has 0 aliphatic carbocycles. The molecule has 0 aromatic carbocycles. The molecule has 0 saturated carbocycles. The highest BCUT2D eigenvalue weighted by Crippen LogP contribution is 2.24. The van der Waals surface area contributed by atoms with Crippen molar-refractivity contribution in [3.63, 3.8) is 0 Å². The second kappa shape index (κ2) is 7.17. The average Bonchev–Trinajstić information content (AvgIpc) is 2.83. The molecule has 0 radical (unpaired) electrons. The number of pyridine rings is 1. The van der Waals surface area contributed by atoms with Crippen LogP contribution in [0.25, 0.3) is 0 Å². The summed E-state index contributed by atoms with van der Waals surface area (Å²) < 4.78 is 0. The van der Waals surface area contributed by atoms with Crippen LogP contribution in [-0.4, -0.2) is 27.1 Å². The fraction of sp³-hybridized carbons (Fsp3) is 0.308. The predicted octanol–water partition coefficient (Wildman–Crippen LogP) is 2.94. The average molecular weight is 346 g/mol. The highest BCUT2D eigenvalue weighted by atomic mass is 35.5. The van der Waals surface area contributed by atoms with Crippen LogP contribution in [0.4, 0.5) is 0 Å². The summed E-state index contributed by atoms with van der Waals surface area (Å²) in [5, 5.41) is 15.8. The number of halogens is 2. The molecule has 0 saturated heterocycles. The van der Waals surface area contributed by atoms with Crippen molar-refractivity contribution in [2.24, 2.45) is 0 Å². The zero-order valence-electron chi connectivity index (χ0n) is 11.1. The van der Waals surface area contributed by atoms with Crippen molar-refractivity contribution < 1.29 is 9.90 Å². The van der Waals surface area contributed by atoms with Crippen molar-refractivity contribution >= 4 is 40.5 Å². The van der Waals surface area contributed by atoms with Gasteiger partial charge in [-0.3, -0.25) is 15.1 Å². The van der Waals surface area contributed by atoms with Crippen molar-refractivity contribution in [3.05, 3.63) is 44.1 Å². The van der Waals surface area contributed by atoms with Gasteiger partial charge in [0.05, 0.1) is 20.7 Å². The van der Waals surface area contributed by atoms with E-state index in [-0.39, 0.29) is 6.42 Å². The van der Waals surface area contributed by atoms with Gasteiger partial charge in [-0.05, 0) is 12.5 Å². The maximum Gasteiger partial charge on any atom is 0.321 e. The Balaban J connectivity index is 2.07. The summed E-state index contributed by atoms with van der Waals surface area (Å²) in [6.07, 6.45) is 3.08. The summed E-state index contributed by atoms with van der Waals surface area (Å²) in [4.78, 5) is 19.5. The standard InChI is InChI=1S/C13H13Cl2N3O2S/c1-7-18-8(6-21-7)3-17-12(13(19)20)2-9-10(14)4-16-5-11(9)15/h4-6,12,17H,2-3H2,1H3,(H,19,20). The molecule has 1 atom stereocenters. The van der Waals surface area contributed by atoms with Gasteiger partial charge in [-0.15, -0.1) is 11.3 Å². The lowest BCUT2D eigenvalue weighted by Crippen LogP contribution is -2.38. The summed E-state index contributed by atoms with van der Waals surface area (Å²) in [6, 6.07) is -0.801. The summed E-state index contributed by atoms with van der Waals surface area (Å²) >= 11 is 13.6. The lowest BCUT2D eigenvalue weighted by Gasteiger charge is -2.15. The van der Waals surface area contributed by atoms with Gasteiger partial charge in [-0.25, -0.2) is 4.98 Å². The zero-order chi connectivity index (χ0) is 15.4. The number of carboxylic acids is 1. The van der Waals surface area contributed by atoms with Gasteiger partial charge in [-0.1, -0.05) is 23.2 Å². The van der Waals surface area contributed by atoms with Crippen LogP contribution < -0.4 is 5.32 Å². The van der Waals surface area contributed by atoms with E-state index in [1.54, 1.807) is 0 Å². The molecule has 112 valence electrons. The Labute approximate surface area is 136 Å². The highest BCUT2D eigenvalue weighted by Gasteiger charge is 2.21. The molecule has 2 aromatic rings. The normalized spacial score (nSPS) is 12.3. The summed E-state index contributed by atoms with van der Waals surface area (Å²) in [5.74, 6) is -0.967. The Hall–Kier alpha value is -1.21. The van der Waals surface area contributed by atoms with Crippen LogP contribution >= 0.6 is 34.5 Å². The molecule has 2 N–H and O–H groups in total. The fourth-order valence-corrected chi connectivity index (χ4v) is 2.93. The first-order chi connectivity index (χ1) is 9.97. The molecule has 0 amide bonds. The monoisotopic (exact) mass is 345 g/mol. The van der Waals surface area contributed by atoms with Gasteiger partial charge in [0.25, 0.3) is 0 Å². The third kappa shape index (κ3) is 4.38. The smallest absolute Gasteiger partial charge is 0.321 e. The molecule has 0 aliphatic rings. The first-order valence-electron chi connectivity index (χ1n) is 6.12. The summed E-state index contributed by atoms with van der Waals surface area (Å²) in [5.41, 5.74) is 1.39. The Kier molecular flexibility index (Phi) is 5.52. The van der Waals surface area contributed by atoms with Gasteiger partial charge in [-0.2, -0.15) is 0 Å². The first-order valence-corrected chi connectivity index (χ1v) is 7.76. The number of aromatic nitrogens is 2. The minimum Gasteiger partial charge on any atom is -0.480 e. The second-order valence-corrected chi connectivity index (χ2v) is 6.29. The number of carboxylic acid groups (broad SMARTS) is 1. The molecule has 1 unspecified atom stereocenters. The van der Waals surface area contributed by atoms with Crippen molar-refractivity contribution in [2.75, 3.05) is 0 Å².